The zero-order chi connectivity index (χ0) is 20.6. The van der Waals surface area contributed by atoms with E-state index in [-0.39, 0.29) is 19.7 Å². The number of esters is 2. The summed E-state index contributed by atoms with van der Waals surface area (Å²) in [4.78, 5) is 60.2. The average molecular weight is 386 g/mol. The molecule has 0 aromatic heterocycles. The second kappa shape index (κ2) is 9.74. The molecular weight excluding hydrogens is 360 g/mol. The smallest absolute Gasteiger partial charge is 0.397 e. The largest absolute Gasteiger partial charge is 0.465 e. The molecule has 1 heterocycles. The van der Waals surface area contributed by atoms with E-state index in [4.69, 9.17) is 4.74 Å². The van der Waals surface area contributed by atoms with Gasteiger partial charge in [-0.25, -0.2) is 15.0 Å². The third-order valence-electron chi connectivity index (χ3n) is 3.39. The van der Waals surface area contributed by atoms with E-state index < -0.39 is 41.4 Å². The summed E-state index contributed by atoms with van der Waals surface area (Å²) < 4.78 is 9.67. The minimum atomic E-state index is -1.04. The second-order valence-corrected chi connectivity index (χ2v) is 6.76. The molecule has 0 bridgehead atoms. The van der Waals surface area contributed by atoms with Crippen molar-refractivity contribution in [1.29, 1.82) is 0 Å². The molecule has 0 aromatic rings. The van der Waals surface area contributed by atoms with Crippen LogP contribution in [0, 0.1) is 0 Å². The number of nitrogens with one attached hydrogen (secondary N) is 3. The van der Waals surface area contributed by atoms with E-state index in [2.05, 4.69) is 20.9 Å². The van der Waals surface area contributed by atoms with Gasteiger partial charge in [0.05, 0.1) is 6.61 Å². The molecule has 3 N–H and O–H groups in total. The number of likely N-dealkylation sites (tertiary alicyclic amines) is 1. The summed E-state index contributed by atoms with van der Waals surface area (Å²) in [5, 5.41) is 2.20. The van der Waals surface area contributed by atoms with Gasteiger partial charge < -0.3 is 19.7 Å². The number of carbonyl (C=O) groups is 5. The highest BCUT2D eigenvalue weighted by atomic mass is 16.6. The van der Waals surface area contributed by atoms with Gasteiger partial charge >= 0.3 is 23.9 Å². The zero-order valence-electron chi connectivity index (χ0n) is 15.9. The van der Waals surface area contributed by atoms with Crippen LogP contribution in [0.2, 0.25) is 0 Å². The molecule has 1 saturated heterocycles. The Morgan fingerprint density at radius 3 is 2.37 bits per heavy atom. The molecule has 1 aliphatic heterocycles. The van der Waals surface area contributed by atoms with E-state index in [0.29, 0.717) is 12.8 Å². The van der Waals surface area contributed by atoms with E-state index in [0.717, 1.165) is 4.90 Å². The summed E-state index contributed by atoms with van der Waals surface area (Å²) in [5.74, 6) is -3.23. The van der Waals surface area contributed by atoms with Gasteiger partial charge in [-0.05, 0) is 40.5 Å². The maximum Gasteiger partial charge on any atom is 0.397 e. The summed E-state index contributed by atoms with van der Waals surface area (Å²) in [6, 6.07) is -1.73. The van der Waals surface area contributed by atoms with Crippen molar-refractivity contribution >= 4 is 29.8 Å². The Labute approximate surface area is 157 Å². The lowest BCUT2D eigenvalue weighted by Gasteiger charge is -2.25. The number of nitrogens with zero attached hydrogens (tertiary/aromatic N) is 1. The van der Waals surface area contributed by atoms with Crippen LogP contribution < -0.4 is 16.2 Å². The highest BCUT2D eigenvalue weighted by molar-refractivity contribution is 6.33. The van der Waals surface area contributed by atoms with Crippen LogP contribution in [0.1, 0.15) is 40.5 Å². The van der Waals surface area contributed by atoms with Crippen molar-refractivity contribution < 1.29 is 33.4 Å². The number of urea groups is 1. The van der Waals surface area contributed by atoms with E-state index in [1.54, 1.807) is 27.7 Å². The lowest BCUT2D eigenvalue weighted by molar-refractivity contribution is -0.168. The van der Waals surface area contributed by atoms with Crippen LogP contribution in [0.4, 0.5) is 4.79 Å². The summed E-state index contributed by atoms with van der Waals surface area (Å²) >= 11 is 0. The molecule has 1 rings (SSSR count). The van der Waals surface area contributed by atoms with Gasteiger partial charge in [0.15, 0.2) is 0 Å². The van der Waals surface area contributed by atoms with Crippen molar-refractivity contribution in [3.8, 4) is 0 Å². The van der Waals surface area contributed by atoms with E-state index in [1.807, 2.05) is 0 Å². The number of rotatable bonds is 4. The fourth-order valence-electron chi connectivity index (χ4n) is 2.33. The van der Waals surface area contributed by atoms with Gasteiger partial charge in [0, 0.05) is 6.54 Å². The van der Waals surface area contributed by atoms with Crippen LogP contribution in [0.5, 0.6) is 0 Å². The molecule has 0 radical (unpaired) electrons. The minimum Gasteiger partial charge on any atom is -0.465 e. The van der Waals surface area contributed by atoms with Crippen LogP contribution in [0.3, 0.4) is 0 Å². The van der Waals surface area contributed by atoms with Crippen molar-refractivity contribution in [3.63, 3.8) is 0 Å². The van der Waals surface area contributed by atoms with Crippen molar-refractivity contribution in [2.45, 2.75) is 52.2 Å². The number of hydrogen-bond acceptors (Lipinski definition) is 7. The first-order valence-electron chi connectivity index (χ1n) is 8.58. The van der Waals surface area contributed by atoms with Crippen molar-refractivity contribution in [2.24, 2.45) is 0 Å². The van der Waals surface area contributed by atoms with Gasteiger partial charge in [0.2, 0.25) is 0 Å². The Balaban J connectivity index is 2.51. The number of carbonyl (C=O) groups excluding carboxylic acids is 5. The maximum absolute atomic E-state index is 12.2. The molecule has 152 valence electrons. The molecule has 4 amide bonds. The molecule has 0 spiro atoms. The van der Waals surface area contributed by atoms with Crippen LogP contribution in [-0.2, 0) is 28.7 Å². The Kier molecular flexibility index (Phi) is 8.00. The van der Waals surface area contributed by atoms with Crippen molar-refractivity contribution in [2.75, 3.05) is 19.7 Å². The Bertz CT molecular complexity index is 600. The van der Waals surface area contributed by atoms with Gasteiger partial charge in [-0.3, -0.25) is 19.8 Å². The summed E-state index contributed by atoms with van der Waals surface area (Å²) in [6.07, 6.45) is 0.869. The van der Waals surface area contributed by atoms with Crippen molar-refractivity contribution in [3.05, 3.63) is 0 Å². The Morgan fingerprint density at radius 1 is 1.11 bits per heavy atom. The van der Waals surface area contributed by atoms with E-state index >= 15 is 0 Å². The molecule has 0 unspecified atom stereocenters. The lowest BCUT2D eigenvalue weighted by atomic mass is 10.2. The first-order chi connectivity index (χ1) is 12.5. The molecule has 11 nitrogen and oxygen atoms in total. The van der Waals surface area contributed by atoms with Gasteiger partial charge in [-0.15, -0.1) is 0 Å². The quantitative estimate of drug-likeness (QED) is 0.326. The first kappa shape index (κ1) is 22.2. The van der Waals surface area contributed by atoms with E-state index in [9.17, 15) is 24.0 Å². The topological polar surface area (TPSA) is 143 Å². The molecule has 1 atom stereocenters. The maximum atomic E-state index is 12.2. The monoisotopic (exact) mass is 386 g/mol. The Hall–Kier alpha value is -2.85. The predicted octanol–water partition coefficient (Wildman–Crippen LogP) is -0.787. The molecule has 0 saturated carbocycles. The van der Waals surface area contributed by atoms with Gasteiger partial charge in [0.25, 0.3) is 5.91 Å². The molecule has 0 aliphatic carbocycles. The molecule has 27 heavy (non-hydrogen) atoms. The summed E-state index contributed by atoms with van der Waals surface area (Å²) in [6.45, 7) is 6.57. The molecule has 11 heteroatoms. The predicted molar refractivity (Wildman–Crippen MR) is 91.9 cm³/mol. The number of hydrazine groups is 1. The standard InChI is InChI=1S/C16H26N4O7/c1-5-26-11(21)9-17-15(25)19-18-12(22)10-7-6-8-20(10)13(23)14(24)27-16(2,3)4/h10H,5-9H2,1-4H3,(H,18,22)(H2,17,19,25)/t10-/m0/s1. The van der Waals surface area contributed by atoms with Gasteiger partial charge in [-0.2, -0.15) is 0 Å². The summed E-state index contributed by atoms with van der Waals surface area (Å²) in [7, 11) is 0. The SMILES string of the molecule is CCOC(=O)CNC(=O)NNC(=O)[C@@H]1CCCN1C(=O)C(=O)OC(C)(C)C. The zero-order valence-corrected chi connectivity index (χ0v) is 15.9. The molecule has 0 aromatic carbocycles. The fraction of sp³-hybridized carbons (Fsp3) is 0.688. The van der Waals surface area contributed by atoms with Crippen molar-refractivity contribution in [1.82, 2.24) is 21.1 Å². The number of amides is 4. The van der Waals surface area contributed by atoms with Crippen LogP contribution in [-0.4, -0.2) is 66.0 Å². The fourth-order valence-corrected chi connectivity index (χ4v) is 2.33. The third-order valence-corrected chi connectivity index (χ3v) is 3.39. The first-order valence-corrected chi connectivity index (χ1v) is 8.58. The van der Waals surface area contributed by atoms with Gasteiger partial charge in [-0.1, -0.05) is 0 Å². The molecule has 1 aliphatic rings. The van der Waals surface area contributed by atoms with Crippen LogP contribution in [0.15, 0.2) is 0 Å². The van der Waals surface area contributed by atoms with E-state index in [1.165, 1.54) is 0 Å². The highest BCUT2D eigenvalue weighted by Gasteiger charge is 2.38. The number of hydrogen-bond donors (Lipinski definition) is 3. The second-order valence-electron chi connectivity index (χ2n) is 6.76. The highest BCUT2D eigenvalue weighted by Crippen LogP contribution is 2.19. The van der Waals surface area contributed by atoms with Gasteiger partial charge in [0.1, 0.15) is 18.2 Å². The third kappa shape index (κ3) is 7.50. The normalized spacial score (nSPS) is 16.3. The summed E-state index contributed by atoms with van der Waals surface area (Å²) in [5.41, 5.74) is 3.39. The van der Waals surface area contributed by atoms with Crippen LogP contribution >= 0.6 is 0 Å². The average Bonchev–Trinajstić information content (AvgIpc) is 3.05. The minimum absolute atomic E-state index is 0.183. The van der Waals surface area contributed by atoms with Crippen LogP contribution in [0.25, 0.3) is 0 Å². The number of ether oxygens (including phenoxy) is 2. The molecular formula is C16H26N4O7. The Morgan fingerprint density at radius 2 is 1.78 bits per heavy atom. The lowest BCUT2D eigenvalue weighted by Crippen LogP contribution is -2.55. The molecule has 1 fully saturated rings.